The van der Waals surface area contributed by atoms with Gasteiger partial charge in [-0.2, -0.15) is 13.2 Å². The van der Waals surface area contributed by atoms with Crippen LogP contribution in [0.3, 0.4) is 0 Å². The maximum Gasteiger partial charge on any atom is 0.431 e. The Morgan fingerprint density at radius 3 is 2.10 bits per heavy atom. The van der Waals surface area contributed by atoms with Gasteiger partial charge in [-0.15, -0.1) is 11.6 Å². The number of aryl methyl sites for hydroxylation is 3. The number of methoxy groups -OCH3 is 1. The van der Waals surface area contributed by atoms with Crippen LogP contribution in [0.2, 0.25) is 0 Å². The molecule has 68 heavy (non-hydrogen) atoms. The number of carbonyl (C=O) groups is 3. The van der Waals surface area contributed by atoms with Crippen molar-refractivity contribution in [2.75, 3.05) is 62.8 Å². The smallest absolute Gasteiger partial charge is 0.431 e. The molecule has 23 heteroatoms. The molecule has 0 fully saturated rings. The van der Waals surface area contributed by atoms with Gasteiger partial charge in [-0.05, 0) is 91.5 Å². The van der Waals surface area contributed by atoms with Crippen molar-refractivity contribution in [2.24, 2.45) is 7.05 Å². The number of rotatable bonds is 18. The van der Waals surface area contributed by atoms with E-state index in [1.54, 1.807) is 11.8 Å². The van der Waals surface area contributed by atoms with E-state index in [2.05, 4.69) is 25.7 Å². The van der Waals surface area contributed by atoms with Crippen LogP contribution < -0.4 is 35.8 Å². The van der Waals surface area contributed by atoms with Gasteiger partial charge < -0.3 is 38.4 Å². The largest absolute Gasteiger partial charge is 0.778 e. The van der Waals surface area contributed by atoms with Gasteiger partial charge in [0.15, 0.2) is 6.10 Å². The Kier molecular flexibility index (Phi) is 26.6. The number of hydrogen-bond donors (Lipinski definition) is 3. The Morgan fingerprint density at radius 1 is 0.985 bits per heavy atom. The predicted octanol–water partition coefficient (Wildman–Crippen LogP) is 5.42. The van der Waals surface area contributed by atoms with Gasteiger partial charge in [0.05, 0.1) is 50.1 Å². The van der Waals surface area contributed by atoms with Crippen LogP contribution in [0.1, 0.15) is 55.6 Å². The number of nitrogens with one attached hydrogen (secondary N) is 1. The molecule has 0 radical (unpaired) electrons. The third-order valence-corrected chi connectivity index (χ3v) is 9.73. The SMILES string of the molecule is CCOCN(C(=O)CCl)c1c(C)cccc1CC.CCc1ccc(COc2ccc(-n3c(=O)cc(C(F)(F)F)n(C)c3=O)cc2)c(OC(C)C(=O)OC)c1.C[S+](C)C.O=C(O)CNCP(=O)([O-])O. The number of para-hydroxylation sites is 1. The number of aromatic nitrogens is 2. The molecule has 1 amide bonds. The molecule has 3 N–H and O–H groups in total. The molecule has 2 unspecified atom stereocenters. The summed E-state index contributed by atoms with van der Waals surface area (Å²) in [6.45, 7) is 9.94. The van der Waals surface area contributed by atoms with Crippen LogP contribution in [0.25, 0.3) is 5.69 Å². The van der Waals surface area contributed by atoms with E-state index in [9.17, 15) is 46.6 Å². The zero-order valence-corrected chi connectivity index (χ0v) is 42.1. The summed E-state index contributed by atoms with van der Waals surface area (Å²) >= 11 is 5.68. The van der Waals surface area contributed by atoms with E-state index in [0.29, 0.717) is 49.8 Å². The van der Waals surface area contributed by atoms with Crippen LogP contribution in [-0.4, -0.2) is 101 Å². The van der Waals surface area contributed by atoms with Crippen LogP contribution >= 0.6 is 19.2 Å². The minimum absolute atomic E-state index is 0.0371. The van der Waals surface area contributed by atoms with Gasteiger partial charge in [-0.3, -0.25) is 29.2 Å². The third kappa shape index (κ3) is 21.0. The minimum atomic E-state index is -4.84. The molecule has 17 nitrogen and oxygen atoms in total. The number of esters is 1. The number of carboxylic acid groups (broad SMARTS) is 1. The summed E-state index contributed by atoms with van der Waals surface area (Å²) in [5.41, 5.74) is 1.32. The second-order valence-corrected chi connectivity index (χ2v) is 19.1. The van der Waals surface area contributed by atoms with Crippen molar-refractivity contribution in [2.45, 2.75) is 66.3 Å². The minimum Gasteiger partial charge on any atom is -0.778 e. The fourth-order valence-electron chi connectivity index (χ4n) is 5.65. The van der Waals surface area contributed by atoms with Crippen LogP contribution in [0.5, 0.6) is 11.5 Å². The van der Waals surface area contributed by atoms with Crippen LogP contribution in [0.15, 0.2) is 76.3 Å². The Labute approximate surface area is 401 Å². The van der Waals surface area contributed by atoms with Crippen molar-refractivity contribution in [3.8, 4) is 17.2 Å². The average Bonchev–Trinajstić information content (AvgIpc) is 3.26. The van der Waals surface area contributed by atoms with E-state index in [-0.39, 0.29) is 30.8 Å². The summed E-state index contributed by atoms with van der Waals surface area (Å²) in [5, 5.41) is 9.97. The number of nitrogens with zero attached hydrogens (tertiary/aromatic N) is 3. The van der Waals surface area contributed by atoms with Crippen molar-refractivity contribution in [1.82, 2.24) is 14.5 Å². The Balaban J connectivity index is 0.000000595. The number of anilines is 1. The third-order valence-electron chi connectivity index (χ3n) is 8.88. The number of hydrogen-bond acceptors (Lipinski definition) is 12. The fraction of sp³-hybridized carbons (Fsp3) is 0.444. The highest BCUT2D eigenvalue weighted by Gasteiger charge is 2.35. The quantitative estimate of drug-likeness (QED) is 0.0372. The molecule has 378 valence electrons. The van der Waals surface area contributed by atoms with Crippen LogP contribution in [0.4, 0.5) is 18.9 Å². The molecule has 0 bridgehead atoms. The molecular formula is C45H61ClF3N4O13PS. The number of carboxylic acids is 1. The van der Waals surface area contributed by atoms with Crippen molar-refractivity contribution in [1.29, 1.82) is 0 Å². The van der Waals surface area contributed by atoms with Crippen LogP contribution in [-0.2, 0) is 72.0 Å². The normalized spacial score (nSPS) is 12.1. The first-order valence-electron chi connectivity index (χ1n) is 20.7. The molecule has 0 spiro atoms. The first kappa shape index (κ1) is 60.9. The highest BCUT2D eigenvalue weighted by molar-refractivity contribution is 7.94. The molecule has 1 aromatic heterocycles. The van der Waals surface area contributed by atoms with Crippen molar-refractivity contribution < 1.29 is 66.0 Å². The Morgan fingerprint density at radius 2 is 1.60 bits per heavy atom. The summed E-state index contributed by atoms with van der Waals surface area (Å²) in [7, 11) is -1.49. The van der Waals surface area contributed by atoms with Gasteiger partial charge >= 0.3 is 23.8 Å². The molecule has 4 rings (SSSR count). The molecule has 1 heterocycles. The molecular weight excluding hydrogens is 960 g/mol. The van der Waals surface area contributed by atoms with Crippen molar-refractivity contribution in [3.63, 3.8) is 0 Å². The van der Waals surface area contributed by atoms with Gasteiger partial charge in [-0.1, -0.05) is 44.2 Å². The summed E-state index contributed by atoms with van der Waals surface area (Å²) in [6, 6.07) is 17.7. The van der Waals surface area contributed by atoms with E-state index in [4.69, 9.17) is 40.5 Å². The van der Waals surface area contributed by atoms with E-state index in [0.717, 1.165) is 42.3 Å². The number of ether oxygens (including phenoxy) is 4. The second-order valence-electron chi connectivity index (χ2n) is 14.8. The molecule has 4 aromatic rings. The van der Waals surface area contributed by atoms with Crippen molar-refractivity contribution in [3.05, 3.63) is 116 Å². The molecule has 0 aliphatic carbocycles. The van der Waals surface area contributed by atoms with Gasteiger partial charge in [-0.25, -0.2) is 14.2 Å². The maximum absolute atomic E-state index is 13.1. The molecule has 0 aliphatic heterocycles. The molecule has 2 atom stereocenters. The molecule has 0 saturated carbocycles. The van der Waals surface area contributed by atoms with E-state index in [1.807, 2.05) is 62.5 Å². The lowest BCUT2D eigenvalue weighted by molar-refractivity contribution is -0.193. The summed E-state index contributed by atoms with van der Waals surface area (Å²) in [4.78, 5) is 77.8. The fourth-order valence-corrected chi connectivity index (χ4v) is 6.19. The number of aliphatic carboxylic acids is 1. The van der Waals surface area contributed by atoms with Gasteiger partial charge in [0.25, 0.3) is 5.56 Å². The number of amides is 1. The predicted molar refractivity (Wildman–Crippen MR) is 255 cm³/mol. The lowest BCUT2D eigenvalue weighted by atomic mass is 10.0. The van der Waals surface area contributed by atoms with Gasteiger partial charge in [0, 0.05) is 25.3 Å². The van der Waals surface area contributed by atoms with Crippen molar-refractivity contribution >= 4 is 53.6 Å². The molecule has 3 aromatic carbocycles. The lowest BCUT2D eigenvalue weighted by Crippen LogP contribution is -2.40. The van der Waals surface area contributed by atoms with Gasteiger partial charge in [0.2, 0.25) is 5.91 Å². The second kappa shape index (κ2) is 29.7. The number of alkyl halides is 4. The maximum atomic E-state index is 13.1. The zero-order chi connectivity index (χ0) is 51.9. The van der Waals surface area contributed by atoms with E-state index < -0.39 is 61.6 Å². The average molecular weight is 1020 g/mol. The number of benzene rings is 3. The molecule has 0 aliphatic rings. The van der Waals surface area contributed by atoms with E-state index in [1.165, 1.54) is 31.4 Å². The first-order valence-corrected chi connectivity index (χ1v) is 25.5. The number of carbonyl (C=O) groups excluding carboxylic acids is 2. The van der Waals surface area contributed by atoms with E-state index >= 15 is 0 Å². The Bertz CT molecular complexity index is 2410. The monoisotopic (exact) mass is 1020 g/mol. The standard InChI is InChI=1S/C25H25F3N2O6.C14H20ClNO2.C3H8NO5P.C3H9S/c1-5-16-6-7-17(20(12-16)36-15(2)23(32)34-4)14-35-19-10-8-18(9-11-19)30-22(31)13-21(25(26,27)28)29(3)24(30)33;1-4-12-8-6-7-11(3)14(12)16(10-18-5-2)13(17)9-15;5-3(6)1-4-2-10(7,8)9;1-4(2)3/h6-13,15H,5,14H2,1-4H3;6-8H,4-5,9-10H2,1-3H3;4H,1-2H2,(H,5,6)(H2,7,8,9);1-3H3/q;;;+1/p-1. The van der Waals surface area contributed by atoms with Gasteiger partial charge in [0.1, 0.15) is 44.0 Å². The summed E-state index contributed by atoms with van der Waals surface area (Å²) in [5.74, 6) is -1.03. The summed E-state index contributed by atoms with van der Waals surface area (Å²) in [6.07, 6.45) is 1.84. The first-order chi connectivity index (χ1) is 31.8. The Hall–Kier alpha value is -5.15. The molecule has 0 saturated heterocycles. The zero-order valence-electron chi connectivity index (χ0n) is 39.7. The van der Waals surface area contributed by atoms with Crippen LogP contribution in [0, 0.1) is 6.92 Å². The summed E-state index contributed by atoms with van der Waals surface area (Å²) < 4.78 is 71.8. The topological polar surface area (TPSA) is 228 Å². The highest BCUT2D eigenvalue weighted by Crippen LogP contribution is 2.29. The highest BCUT2D eigenvalue weighted by atomic mass is 35.5. The number of halogens is 4. The lowest BCUT2D eigenvalue weighted by Gasteiger charge is -2.25.